The number of nitrogens with zero attached hydrogens (tertiary/aromatic N) is 5. The molecule has 9 nitrogen and oxygen atoms in total. The summed E-state index contributed by atoms with van der Waals surface area (Å²) in [6.07, 6.45) is 0. The molecule has 1 fully saturated rings. The lowest BCUT2D eigenvalue weighted by Gasteiger charge is -2.33. The van der Waals surface area contributed by atoms with E-state index in [0.29, 0.717) is 11.3 Å². The van der Waals surface area contributed by atoms with Gasteiger partial charge in [0.1, 0.15) is 5.82 Å². The van der Waals surface area contributed by atoms with E-state index in [-0.39, 0.29) is 11.6 Å². The van der Waals surface area contributed by atoms with Crippen LogP contribution in [0.25, 0.3) is 11.0 Å². The normalized spacial score (nSPS) is 15.2. The minimum absolute atomic E-state index is 0.0447. The number of aromatic nitrogens is 2. The Kier molecular flexibility index (Phi) is 6.48. The lowest BCUT2D eigenvalue weighted by molar-refractivity contribution is -0.384. The third-order valence-electron chi connectivity index (χ3n) is 6.02. The van der Waals surface area contributed by atoms with Gasteiger partial charge in [-0.25, -0.2) is 4.98 Å². The van der Waals surface area contributed by atoms with E-state index in [1.165, 1.54) is 24.3 Å². The Morgan fingerprint density at radius 2 is 1.72 bits per heavy atom. The molecule has 2 heterocycles. The highest BCUT2D eigenvalue weighted by atomic mass is 16.6. The summed E-state index contributed by atoms with van der Waals surface area (Å²) in [6.45, 7) is 11.3. The zero-order valence-electron chi connectivity index (χ0n) is 18.5. The first-order valence-corrected chi connectivity index (χ1v) is 11.0. The first kappa shape index (κ1) is 21.9. The van der Waals surface area contributed by atoms with Crippen LogP contribution in [0.3, 0.4) is 0 Å². The second kappa shape index (κ2) is 9.46. The summed E-state index contributed by atoms with van der Waals surface area (Å²) in [6, 6.07) is 11.3. The van der Waals surface area contributed by atoms with Crippen LogP contribution in [0.1, 0.15) is 30.0 Å². The number of non-ortho nitro benzene ring substituents is 1. The van der Waals surface area contributed by atoms with Crippen molar-refractivity contribution in [1.82, 2.24) is 19.4 Å². The average Bonchev–Trinajstić information content (AvgIpc) is 3.15. The van der Waals surface area contributed by atoms with Crippen molar-refractivity contribution in [2.45, 2.75) is 26.9 Å². The third-order valence-corrected chi connectivity index (χ3v) is 6.02. The van der Waals surface area contributed by atoms with Crippen molar-refractivity contribution in [2.75, 3.05) is 38.0 Å². The van der Waals surface area contributed by atoms with Crippen molar-refractivity contribution in [3.05, 3.63) is 64.0 Å². The number of hydrogen-bond acceptors (Lipinski definition) is 6. The van der Waals surface area contributed by atoms with Gasteiger partial charge in [0.25, 0.3) is 11.6 Å². The molecule has 4 rings (SSSR count). The molecule has 0 unspecified atom stereocenters. The molecule has 0 bridgehead atoms. The Bertz CT molecular complexity index is 1120. The van der Waals surface area contributed by atoms with Gasteiger partial charge in [-0.05, 0) is 43.8 Å². The van der Waals surface area contributed by atoms with Crippen LogP contribution in [0.4, 0.5) is 11.4 Å². The number of hydrogen-bond donors (Lipinski definition) is 1. The van der Waals surface area contributed by atoms with E-state index in [0.717, 1.165) is 62.7 Å². The number of rotatable bonds is 7. The molecule has 0 radical (unpaired) electrons. The third kappa shape index (κ3) is 4.63. The molecule has 168 valence electrons. The summed E-state index contributed by atoms with van der Waals surface area (Å²) in [4.78, 5) is 32.6. The molecule has 1 aliphatic rings. The molecule has 2 aromatic carbocycles. The minimum atomic E-state index is -0.485. The maximum atomic E-state index is 12.6. The predicted octanol–water partition coefficient (Wildman–Crippen LogP) is 3.35. The van der Waals surface area contributed by atoms with Crippen LogP contribution >= 0.6 is 0 Å². The summed E-state index contributed by atoms with van der Waals surface area (Å²) in [5, 5.41) is 13.7. The van der Waals surface area contributed by atoms with Crippen LogP contribution in [0.5, 0.6) is 0 Å². The molecule has 1 aliphatic heterocycles. The minimum Gasteiger partial charge on any atom is -0.327 e. The van der Waals surface area contributed by atoms with Gasteiger partial charge in [-0.15, -0.1) is 0 Å². The van der Waals surface area contributed by atoms with Crippen molar-refractivity contribution in [1.29, 1.82) is 0 Å². The van der Waals surface area contributed by atoms with Crippen LogP contribution in [0.15, 0.2) is 42.5 Å². The largest absolute Gasteiger partial charge is 0.327 e. The molecule has 0 aliphatic carbocycles. The first-order chi connectivity index (χ1) is 15.5. The lowest BCUT2D eigenvalue weighted by Crippen LogP contribution is -2.45. The van der Waals surface area contributed by atoms with E-state index in [9.17, 15) is 14.9 Å². The number of carbonyl (C=O) groups excluding carboxylic acids is 1. The van der Waals surface area contributed by atoms with Crippen LogP contribution in [-0.2, 0) is 13.1 Å². The number of imidazole rings is 1. The quantitative estimate of drug-likeness (QED) is 0.451. The number of aryl methyl sites for hydroxylation is 1. The monoisotopic (exact) mass is 436 g/mol. The van der Waals surface area contributed by atoms with E-state index < -0.39 is 4.92 Å². The van der Waals surface area contributed by atoms with Gasteiger partial charge in [-0.3, -0.25) is 19.8 Å². The highest BCUT2D eigenvalue weighted by Gasteiger charge is 2.19. The molecule has 1 aromatic heterocycles. The van der Waals surface area contributed by atoms with E-state index in [4.69, 9.17) is 4.98 Å². The number of nitrogens with one attached hydrogen (secondary N) is 1. The van der Waals surface area contributed by atoms with Crippen molar-refractivity contribution < 1.29 is 9.72 Å². The molecule has 3 aromatic rings. The Morgan fingerprint density at radius 3 is 2.34 bits per heavy atom. The number of carbonyl (C=O) groups is 1. The van der Waals surface area contributed by atoms with Gasteiger partial charge < -0.3 is 14.8 Å². The number of anilines is 1. The Morgan fingerprint density at radius 1 is 1.03 bits per heavy atom. The number of piperazine rings is 1. The first-order valence-electron chi connectivity index (χ1n) is 11.0. The van der Waals surface area contributed by atoms with Crippen LogP contribution in [-0.4, -0.2) is 62.9 Å². The van der Waals surface area contributed by atoms with Gasteiger partial charge in [0.05, 0.1) is 22.5 Å². The van der Waals surface area contributed by atoms with Gasteiger partial charge >= 0.3 is 0 Å². The van der Waals surface area contributed by atoms with Crippen LogP contribution in [0, 0.1) is 10.1 Å². The summed E-state index contributed by atoms with van der Waals surface area (Å²) >= 11 is 0. The van der Waals surface area contributed by atoms with Gasteiger partial charge in [0.15, 0.2) is 0 Å². The number of amides is 1. The fourth-order valence-corrected chi connectivity index (χ4v) is 4.13. The van der Waals surface area contributed by atoms with Crippen molar-refractivity contribution in [3.8, 4) is 0 Å². The molecule has 0 atom stereocenters. The number of likely N-dealkylation sites (N-methyl/N-ethyl adjacent to an activating group) is 1. The Labute approximate surface area is 186 Å². The second-order valence-electron chi connectivity index (χ2n) is 7.94. The van der Waals surface area contributed by atoms with Crippen molar-refractivity contribution >= 4 is 28.3 Å². The molecular weight excluding hydrogens is 408 g/mol. The van der Waals surface area contributed by atoms with Gasteiger partial charge in [-0.2, -0.15) is 0 Å². The number of benzene rings is 2. The van der Waals surface area contributed by atoms with Gasteiger partial charge in [0, 0.05) is 56.1 Å². The molecule has 0 spiro atoms. The highest BCUT2D eigenvalue weighted by molar-refractivity contribution is 6.05. The van der Waals surface area contributed by atoms with Crippen LogP contribution < -0.4 is 5.32 Å². The zero-order valence-corrected chi connectivity index (χ0v) is 18.5. The molecular formula is C23H28N6O3. The number of fused-ring (bicyclic) bond motifs is 1. The van der Waals surface area contributed by atoms with Crippen molar-refractivity contribution in [3.63, 3.8) is 0 Å². The number of nitro benzene ring substituents is 1. The number of nitro groups is 1. The van der Waals surface area contributed by atoms with E-state index in [2.05, 4.69) is 33.5 Å². The van der Waals surface area contributed by atoms with Crippen molar-refractivity contribution in [2.24, 2.45) is 0 Å². The van der Waals surface area contributed by atoms with E-state index in [1.54, 1.807) is 0 Å². The summed E-state index contributed by atoms with van der Waals surface area (Å²) in [5.41, 5.74) is 2.85. The standard InChI is InChI=1S/C23H28N6O3/c1-3-26-11-13-27(14-12-26)16-22-25-20-15-18(7-10-21(20)28(22)4-2)24-23(30)17-5-8-19(9-6-17)29(31)32/h5-10,15H,3-4,11-14,16H2,1-2H3,(H,24,30). The molecule has 1 N–H and O–H groups in total. The summed E-state index contributed by atoms with van der Waals surface area (Å²) in [7, 11) is 0. The molecule has 1 amide bonds. The highest BCUT2D eigenvalue weighted by Crippen LogP contribution is 2.23. The maximum absolute atomic E-state index is 12.6. The topological polar surface area (TPSA) is 96.5 Å². The molecule has 32 heavy (non-hydrogen) atoms. The predicted molar refractivity (Wildman–Crippen MR) is 124 cm³/mol. The van der Waals surface area contributed by atoms with E-state index in [1.807, 2.05) is 18.2 Å². The molecule has 0 saturated carbocycles. The summed E-state index contributed by atoms with van der Waals surface area (Å²) < 4.78 is 2.23. The second-order valence-corrected chi connectivity index (χ2v) is 7.94. The SMILES string of the molecule is CCN1CCN(Cc2nc3cc(NC(=O)c4ccc([N+](=O)[O-])cc4)ccc3n2CC)CC1. The zero-order chi connectivity index (χ0) is 22.7. The van der Waals surface area contributed by atoms with Gasteiger partial charge in [0.2, 0.25) is 0 Å². The average molecular weight is 437 g/mol. The fraction of sp³-hybridized carbons (Fsp3) is 0.391. The van der Waals surface area contributed by atoms with E-state index >= 15 is 0 Å². The fourth-order valence-electron chi connectivity index (χ4n) is 4.13. The molecule has 9 heteroatoms. The van der Waals surface area contributed by atoms with Crippen LogP contribution in [0.2, 0.25) is 0 Å². The maximum Gasteiger partial charge on any atom is 0.269 e. The summed E-state index contributed by atoms with van der Waals surface area (Å²) in [5.74, 6) is 0.717. The van der Waals surface area contributed by atoms with Gasteiger partial charge in [-0.1, -0.05) is 6.92 Å². The molecule has 1 saturated heterocycles. The smallest absolute Gasteiger partial charge is 0.269 e. The Balaban J connectivity index is 1.50. The lowest BCUT2D eigenvalue weighted by atomic mass is 10.2. The Hall–Kier alpha value is -3.30.